The summed E-state index contributed by atoms with van der Waals surface area (Å²) in [6.45, 7) is 1.34. The van der Waals surface area contributed by atoms with E-state index in [9.17, 15) is 4.79 Å². The van der Waals surface area contributed by atoms with E-state index in [0.717, 1.165) is 41.7 Å². The molecule has 30 heavy (non-hydrogen) atoms. The largest absolute Gasteiger partial charge is 0.338 e. The molecule has 0 bridgehead atoms. The molecule has 4 heterocycles. The summed E-state index contributed by atoms with van der Waals surface area (Å²) in [5.41, 5.74) is 4.98. The third kappa shape index (κ3) is 3.39. The van der Waals surface area contributed by atoms with Crippen LogP contribution in [0.3, 0.4) is 0 Å². The average molecular weight is 396 g/mol. The molecule has 1 aromatic carbocycles. The maximum atomic E-state index is 13.4. The first-order valence-corrected chi connectivity index (χ1v) is 10.0. The number of carbonyl (C=O) groups is 1. The molecule has 1 amide bonds. The predicted molar refractivity (Wildman–Crippen MR) is 113 cm³/mol. The zero-order valence-electron chi connectivity index (χ0n) is 16.3. The number of rotatable bonds is 3. The van der Waals surface area contributed by atoms with Gasteiger partial charge in [-0.05, 0) is 42.7 Å². The van der Waals surface area contributed by atoms with E-state index in [-0.39, 0.29) is 11.8 Å². The van der Waals surface area contributed by atoms with Gasteiger partial charge >= 0.3 is 0 Å². The van der Waals surface area contributed by atoms with Crippen molar-refractivity contribution in [2.45, 2.75) is 18.8 Å². The lowest BCUT2D eigenvalue weighted by molar-refractivity contribution is 0.0708. The normalized spacial score (nSPS) is 16.5. The molecule has 1 aliphatic rings. The van der Waals surface area contributed by atoms with Gasteiger partial charge in [0.2, 0.25) is 0 Å². The van der Waals surface area contributed by atoms with Crippen molar-refractivity contribution in [3.8, 4) is 11.1 Å². The van der Waals surface area contributed by atoms with E-state index < -0.39 is 0 Å². The van der Waals surface area contributed by atoms with Gasteiger partial charge in [-0.1, -0.05) is 6.07 Å². The zero-order chi connectivity index (χ0) is 20.3. The molecule has 5 rings (SSSR count). The number of carbonyl (C=O) groups excluding carboxylic acids is 1. The van der Waals surface area contributed by atoms with Crippen LogP contribution in [0.5, 0.6) is 0 Å². The highest BCUT2D eigenvalue weighted by molar-refractivity contribution is 6.04. The number of fused-ring (bicyclic) bond motifs is 1. The minimum Gasteiger partial charge on any atom is -0.338 e. The van der Waals surface area contributed by atoms with Crippen LogP contribution in [0.4, 0.5) is 0 Å². The third-order valence-corrected chi connectivity index (χ3v) is 5.56. The van der Waals surface area contributed by atoms with Crippen LogP contribution in [0.2, 0.25) is 0 Å². The first kappa shape index (κ1) is 18.3. The van der Waals surface area contributed by atoms with Crippen molar-refractivity contribution in [2.75, 3.05) is 13.1 Å². The number of hydrogen-bond acceptors (Lipinski definition) is 6. The number of piperidine rings is 1. The minimum atomic E-state index is -0.00897. The van der Waals surface area contributed by atoms with E-state index in [0.29, 0.717) is 17.6 Å². The quantitative estimate of drug-likeness (QED) is 0.527. The van der Waals surface area contributed by atoms with Gasteiger partial charge in [0.25, 0.3) is 5.91 Å². The molecule has 0 saturated carbocycles. The van der Waals surface area contributed by atoms with Gasteiger partial charge in [0.05, 0.1) is 16.8 Å². The molecule has 0 unspecified atom stereocenters. The fourth-order valence-electron chi connectivity index (χ4n) is 4.14. The van der Waals surface area contributed by atoms with E-state index >= 15 is 0 Å². The van der Waals surface area contributed by atoms with Gasteiger partial charge < -0.3 is 4.90 Å². The second kappa shape index (κ2) is 7.94. The lowest BCUT2D eigenvalue weighted by Gasteiger charge is -2.33. The summed E-state index contributed by atoms with van der Waals surface area (Å²) in [5.74, 6) is 0.139. The summed E-state index contributed by atoms with van der Waals surface area (Å²) in [7, 11) is 0. The van der Waals surface area contributed by atoms with Gasteiger partial charge in [0.15, 0.2) is 0 Å². The lowest BCUT2D eigenvalue weighted by Crippen LogP contribution is -2.39. The standard InChI is InChI=1S/C23H20N6O/c30-23(18-4-1-5-20-22(18)27-11-10-26-20)29-12-2-3-17(14-29)21-19(13-25-15-28-21)16-6-8-24-9-7-16/h1,4-11,13,15,17H,2-3,12,14H2/t17-/m0/s1. The number of nitrogens with zero attached hydrogens (tertiary/aromatic N) is 6. The topological polar surface area (TPSA) is 84.8 Å². The van der Waals surface area contributed by atoms with Crippen LogP contribution in [0.1, 0.15) is 34.8 Å². The van der Waals surface area contributed by atoms with Gasteiger partial charge in [-0.3, -0.25) is 19.7 Å². The SMILES string of the molecule is O=C(c1cccc2nccnc12)N1CCC[C@H](c2ncncc2-c2ccncc2)C1. The Kier molecular flexibility index (Phi) is 4.85. The Labute approximate surface area is 173 Å². The molecule has 1 fully saturated rings. The Hall–Kier alpha value is -3.74. The van der Waals surface area contributed by atoms with Gasteiger partial charge in [0, 0.05) is 55.6 Å². The van der Waals surface area contributed by atoms with E-state index in [1.807, 2.05) is 41.4 Å². The smallest absolute Gasteiger partial charge is 0.256 e. The van der Waals surface area contributed by atoms with Gasteiger partial charge in [-0.15, -0.1) is 0 Å². The molecule has 4 aromatic rings. The molecule has 7 heteroatoms. The number of amides is 1. The molecule has 0 spiro atoms. The summed E-state index contributed by atoms with van der Waals surface area (Å²) in [6.07, 6.45) is 12.1. The van der Waals surface area contributed by atoms with E-state index in [1.54, 1.807) is 31.1 Å². The van der Waals surface area contributed by atoms with Gasteiger partial charge in [-0.2, -0.15) is 0 Å². The van der Waals surface area contributed by atoms with Crippen molar-refractivity contribution in [1.82, 2.24) is 29.8 Å². The maximum absolute atomic E-state index is 13.4. The number of hydrogen-bond donors (Lipinski definition) is 0. The second-order valence-electron chi connectivity index (χ2n) is 7.38. The Morgan fingerprint density at radius 2 is 1.83 bits per heavy atom. The lowest BCUT2D eigenvalue weighted by atomic mass is 9.90. The predicted octanol–water partition coefficient (Wildman–Crippen LogP) is 3.50. The average Bonchev–Trinajstić information content (AvgIpc) is 2.84. The van der Waals surface area contributed by atoms with Crippen LogP contribution < -0.4 is 0 Å². The number of para-hydroxylation sites is 1. The fourth-order valence-corrected chi connectivity index (χ4v) is 4.14. The van der Waals surface area contributed by atoms with Crippen molar-refractivity contribution in [1.29, 1.82) is 0 Å². The van der Waals surface area contributed by atoms with Crippen LogP contribution in [0, 0.1) is 0 Å². The molecule has 0 radical (unpaired) electrons. The van der Waals surface area contributed by atoms with Crippen LogP contribution in [0.15, 0.2) is 67.6 Å². The highest BCUT2D eigenvalue weighted by atomic mass is 16.2. The van der Waals surface area contributed by atoms with Gasteiger partial charge in [0.1, 0.15) is 11.8 Å². The molecule has 1 aliphatic heterocycles. The molecule has 7 nitrogen and oxygen atoms in total. The summed E-state index contributed by atoms with van der Waals surface area (Å²) in [4.78, 5) is 36.9. The van der Waals surface area contributed by atoms with Crippen LogP contribution >= 0.6 is 0 Å². The highest BCUT2D eigenvalue weighted by Gasteiger charge is 2.29. The number of pyridine rings is 1. The van der Waals surface area contributed by atoms with Crippen molar-refractivity contribution >= 4 is 16.9 Å². The third-order valence-electron chi connectivity index (χ3n) is 5.56. The second-order valence-corrected chi connectivity index (χ2v) is 7.38. The van der Waals surface area contributed by atoms with Crippen LogP contribution in [-0.4, -0.2) is 48.8 Å². The van der Waals surface area contributed by atoms with Crippen molar-refractivity contribution in [3.05, 3.63) is 78.9 Å². The fraction of sp³-hybridized carbons (Fsp3) is 0.217. The Balaban J connectivity index is 1.46. The Morgan fingerprint density at radius 3 is 2.73 bits per heavy atom. The number of aromatic nitrogens is 5. The molecule has 0 aliphatic carbocycles. The minimum absolute atomic E-state index is 0.00897. The first-order valence-electron chi connectivity index (χ1n) is 10.0. The van der Waals surface area contributed by atoms with E-state index in [2.05, 4.69) is 24.9 Å². The first-order chi connectivity index (χ1) is 14.8. The van der Waals surface area contributed by atoms with Crippen LogP contribution in [0.25, 0.3) is 22.2 Å². The Morgan fingerprint density at radius 1 is 0.967 bits per heavy atom. The number of benzene rings is 1. The molecule has 1 saturated heterocycles. The van der Waals surface area contributed by atoms with Gasteiger partial charge in [-0.25, -0.2) is 9.97 Å². The molecular formula is C23H20N6O. The van der Waals surface area contributed by atoms with Crippen molar-refractivity contribution < 1.29 is 4.79 Å². The van der Waals surface area contributed by atoms with Crippen LogP contribution in [-0.2, 0) is 0 Å². The summed E-state index contributed by atoms with van der Waals surface area (Å²) in [6, 6.07) is 9.49. The Bertz CT molecular complexity index is 1190. The van der Waals surface area contributed by atoms with Crippen molar-refractivity contribution in [3.63, 3.8) is 0 Å². The molecule has 148 valence electrons. The summed E-state index contributed by atoms with van der Waals surface area (Å²) < 4.78 is 0. The van der Waals surface area contributed by atoms with Crippen molar-refractivity contribution in [2.24, 2.45) is 0 Å². The monoisotopic (exact) mass is 396 g/mol. The summed E-state index contributed by atoms with van der Waals surface area (Å²) in [5, 5.41) is 0. The highest BCUT2D eigenvalue weighted by Crippen LogP contribution is 2.33. The molecule has 3 aromatic heterocycles. The molecule has 1 atom stereocenters. The van der Waals surface area contributed by atoms with E-state index in [1.165, 1.54) is 0 Å². The molecule has 0 N–H and O–H groups in total. The number of likely N-dealkylation sites (tertiary alicyclic amines) is 1. The zero-order valence-corrected chi connectivity index (χ0v) is 16.3. The molecular weight excluding hydrogens is 376 g/mol. The van der Waals surface area contributed by atoms with E-state index in [4.69, 9.17) is 0 Å². The maximum Gasteiger partial charge on any atom is 0.256 e. The summed E-state index contributed by atoms with van der Waals surface area (Å²) >= 11 is 0.